The van der Waals surface area contributed by atoms with Crippen molar-refractivity contribution in [1.82, 2.24) is 9.78 Å². The molecule has 23 heavy (non-hydrogen) atoms. The van der Waals surface area contributed by atoms with E-state index in [0.717, 1.165) is 42.0 Å². The molecular formula is C17H24N4O2. The number of aryl methyl sites for hydroxylation is 1. The summed E-state index contributed by atoms with van der Waals surface area (Å²) in [6, 6.07) is 7.28. The quantitative estimate of drug-likeness (QED) is 0.816. The molecular weight excluding hydrogens is 292 g/mol. The Bertz CT molecular complexity index is 635. The molecule has 0 spiro atoms. The van der Waals surface area contributed by atoms with Gasteiger partial charge in [-0.25, -0.2) is 4.79 Å². The summed E-state index contributed by atoms with van der Waals surface area (Å²) in [5, 5.41) is 9.95. The topological polar surface area (TPSA) is 68.2 Å². The lowest BCUT2D eigenvalue weighted by atomic mass is 10.2. The number of benzene rings is 1. The maximum absolute atomic E-state index is 12.1. The van der Waals surface area contributed by atoms with Crippen LogP contribution in [0.25, 0.3) is 0 Å². The first-order valence-electron chi connectivity index (χ1n) is 7.82. The van der Waals surface area contributed by atoms with E-state index < -0.39 is 0 Å². The molecule has 0 saturated heterocycles. The summed E-state index contributed by atoms with van der Waals surface area (Å²) in [5.74, 6) is 0. The minimum absolute atomic E-state index is 0.275. The van der Waals surface area contributed by atoms with Crippen LogP contribution in [0.5, 0.6) is 0 Å². The number of amides is 2. The van der Waals surface area contributed by atoms with Crippen molar-refractivity contribution in [3.8, 4) is 0 Å². The Balaban J connectivity index is 1.93. The van der Waals surface area contributed by atoms with E-state index in [-0.39, 0.29) is 6.03 Å². The normalized spacial score (nSPS) is 10.6. The predicted octanol–water partition coefficient (Wildman–Crippen LogP) is 3.78. The van der Waals surface area contributed by atoms with Gasteiger partial charge < -0.3 is 15.4 Å². The van der Waals surface area contributed by atoms with E-state index >= 15 is 0 Å². The first-order chi connectivity index (χ1) is 11.1. The van der Waals surface area contributed by atoms with Gasteiger partial charge in [0.25, 0.3) is 0 Å². The molecule has 6 nitrogen and oxygen atoms in total. The van der Waals surface area contributed by atoms with Gasteiger partial charge in [0.15, 0.2) is 0 Å². The highest BCUT2D eigenvalue weighted by molar-refractivity contribution is 5.99. The summed E-state index contributed by atoms with van der Waals surface area (Å²) in [5.41, 5.74) is 3.49. The molecule has 0 fully saturated rings. The molecule has 2 amide bonds. The van der Waals surface area contributed by atoms with Gasteiger partial charge in [-0.3, -0.25) is 4.68 Å². The number of methoxy groups -OCH3 is 1. The highest BCUT2D eigenvalue weighted by Gasteiger charge is 2.09. The van der Waals surface area contributed by atoms with Crippen molar-refractivity contribution >= 4 is 17.4 Å². The fourth-order valence-corrected chi connectivity index (χ4v) is 2.24. The summed E-state index contributed by atoms with van der Waals surface area (Å²) in [4.78, 5) is 12.1. The summed E-state index contributed by atoms with van der Waals surface area (Å²) in [7, 11) is 1.66. The van der Waals surface area contributed by atoms with Gasteiger partial charge in [0.2, 0.25) is 0 Å². The average molecular weight is 316 g/mol. The Morgan fingerprint density at radius 2 is 2.00 bits per heavy atom. The van der Waals surface area contributed by atoms with Crippen LogP contribution in [0, 0.1) is 6.92 Å². The number of unbranched alkanes of at least 4 members (excludes halogenated alkanes) is 1. The van der Waals surface area contributed by atoms with E-state index in [4.69, 9.17) is 4.74 Å². The molecule has 0 saturated carbocycles. The number of anilines is 2. The predicted molar refractivity (Wildman–Crippen MR) is 91.7 cm³/mol. The highest BCUT2D eigenvalue weighted by atomic mass is 16.5. The molecule has 0 aliphatic carbocycles. The Labute approximate surface area is 136 Å². The fourth-order valence-electron chi connectivity index (χ4n) is 2.24. The number of nitrogens with zero attached hydrogens (tertiary/aromatic N) is 2. The molecule has 2 N–H and O–H groups in total. The summed E-state index contributed by atoms with van der Waals surface area (Å²) < 4.78 is 6.98. The van der Waals surface area contributed by atoms with Crippen LogP contribution in [0.3, 0.4) is 0 Å². The van der Waals surface area contributed by atoms with Crippen molar-refractivity contribution in [2.45, 2.75) is 39.8 Å². The van der Waals surface area contributed by atoms with Crippen LogP contribution in [0.15, 0.2) is 30.5 Å². The molecule has 1 aromatic heterocycles. The molecule has 1 aromatic carbocycles. The molecule has 1 heterocycles. The lowest BCUT2D eigenvalue weighted by molar-refractivity contribution is 0.185. The maximum atomic E-state index is 12.1. The van der Waals surface area contributed by atoms with Gasteiger partial charge in [-0.05, 0) is 31.0 Å². The summed E-state index contributed by atoms with van der Waals surface area (Å²) in [6.07, 6.45) is 3.87. The van der Waals surface area contributed by atoms with Crippen LogP contribution >= 0.6 is 0 Å². The standard InChI is InChI=1S/C17H24N4O2/c1-4-5-10-21-13(2)16(11-18-21)20-17(22)19-15-8-6-14(7-9-15)12-23-3/h6-9,11H,4-5,10,12H2,1-3H3,(H2,19,20,22). The van der Waals surface area contributed by atoms with E-state index in [9.17, 15) is 4.79 Å². The Morgan fingerprint density at radius 3 is 2.65 bits per heavy atom. The number of ether oxygens (including phenoxy) is 1. The number of urea groups is 1. The van der Waals surface area contributed by atoms with Crippen molar-refractivity contribution in [2.75, 3.05) is 17.7 Å². The first-order valence-corrected chi connectivity index (χ1v) is 7.82. The fraction of sp³-hybridized carbons (Fsp3) is 0.412. The van der Waals surface area contributed by atoms with E-state index in [1.807, 2.05) is 35.9 Å². The van der Waals surface area contributed by atoms with Crippen LogP contribution in [0.2, 0.25) is 0 Å². The number of rotatable bonds is 7. The Hall–Kier alpha value is -2.34. The molecule has 0 radical (unpaired) electrons. The monoisotopic (exact) mass is 316 g/mol. The van der Waals surface area contributed by atoms with Crippen molar-refractivity contribution in [3.63, 3.8) is 0 Å². The molecule has 124 valence electrons. The number of carbonyl (C=O) groups is 1. The van der Waals surface area contributed by atoms with Gasteiger partial charge in [-0.2, -0.15) is 5.10 Å². The second-order valence-electron chi connectivity index (χ2n) is 5.43. The van der Waals surface area contributed by atoms with Crippen LogP contribution in [-0.2, 0) is 17.9 Å². The van der Waals surface area contributed by atoms with Gasteiger partial charge in [0, 0.05) is 19.3 Å². The van der Waals surface area contributed by atoms with E-state index in [1.165, 1.54) is 0 Å². The van der Waals surface area contributed by atoms with Crippen molar-refractivity contribution < 1.29 is 9.53 Å². The zero-order chi connectivity index (χ0) is 16.7. The van der Waals surface area contributed by atoms with Gasteiger partial charge >= 0.3 is 6.03 Å². The second-order valence-corrected chi connectivity index (χ2v) is 5.43. The third-order valence-corrected chi connectivity index (χ3v) is 3.60. The SMILES string of the molecule is CCCCn1ncc(NC(=O)Nc2ccc(COC)cc2)c1C. The van der Waals surface area contributed by atoms with Crippen molar-refractivity contribution in [2.24, 2.45) is 0 Å². The van der Waals surface area contributed by atoms with Gasteiger partial charge in [0.05, 0.1) is 24.2 Å². The molecule has 0 aliphatic rings. The van der Waals surface area contributed by atoms with E-state index in [2.05, 4.69) is 22.7 Å². The van der Waals surface area contributed by atoms with Crippen LogP contribution in [0.4, 0.5) is 16.2 Å². The molecule has 0 aliphatic heterocycles. The van der Waals surface area contributed by atoms with Crippen molar-refractivity contribution in [3.05, 3.63) is 41.7 Å². The minimum atomic E-state index is -0.275. The minimum Gasteiger partial charge on any atom is -0.380 e. The lowest BCUT2D eigenvalue weighted by Crippen LogP contribution is -2.19. The molecule has 0 bridgehead atoms. The van der Waals surface area contributed by atoms with Crippen LogP contribution in [-0.4, -0.2) is 22.9 Å². The van der Waals surface area contributed by atoms with Crippen LogP contribution < -0.4 is 10.6 Å². The second kappa shape index (κ2) is 8.33. The molecule has 2 aromatic rings. The third-order valence-electron chi connectivity index (χ3n) is 3.60. The summed E-state index contributed by atoms with van der Waals surface area (Å²) >= 11 is 0. The maximum Gasteiger partial charge on any atom is 0.323 e. The van der Waals surface area contributed by atoms with Gasteiger partial charge in [-0.15, -0.1) is 0 Å². The highest BCUT2D eigenvalue weighted by Crippen LogP contribution is 2.15. The Morgan fingerprint density at radius 1 is 1.26 bits per heavy atom. The van der Waals surface area contributed by atoms with Crippen LogP contribution in [0.1, 0.15) is 31.0 Å². The van der Waals surface area contributed by atoms with E-state index in [1.54, 1.807) is 13.3 Å². The largest absolute Gasteiger partial charge is 0.380 e. The van der Waals surface area contributed by atoms with Gasteiger partial charge in [-0.1, -0.05) is 25.5 Å². The molecule has 2 rings (SSSR count). The van der Waals surface area contributed by atoms with Gasteiger partial charge in [0.1, 0.15) is 0 Å². The zero-order valence-electron chi connectivity index (χ0n) is 13.9. The van der Waals surface area contributed by atoms with Crippen molar-refractivity contribution in [1.29, 1.82) is 0 Å². The molecule has 0 unspecified atom stereocenters. The number of hydrogen-bond acceptors (Lipinski definition) is 3. The Kier molecular flexibility index (Phi) is 6.17. The van der Waals surface area contributed by atoms with E-state index in [0.29, 0.717) is 6.61 Å². The third kappa shape index (κ3) is 4.82. The number of nitrogens with one attached hydrogen (secondary N) is 2. The number of hydrogen-bond donors (Lipinski definition) is 2. The first kappa shape index (κ1) is 17.0. The number of aromatic nitrogens is 2. The average Bonchev–Trinajstić information content (AvgIpc) is 2.88. The zero-order valence-corrected chi connectivity index (χ0v) is 13.9. The summed E-state index contributed by atoms with van der Waals surface area (Å²) in [6.45, 7) is 5.52. The number of carbonyl (C=O) groups excluding carboxylic acids is 1. The smallest absolute Gasteiger partial charge is 0.323 e. The lowest BCUT2D eigenvalue weighted by Gasteiger charge is -2.08. The molecule has 6 heteroatoms. The molecule has 0 atom stereocenters.